The van der Waals surface area contributed by atoms with Crippen molar-refractivity contribution >= 4 is 0 Å². The molecule has 3 unspecified atom stereocenters. The molecule has 3 rings (SSSR count). The van der Waals surface area contributed by atoms with Crippen LogP contribution in [-0.4, -0.2) is 66.8 Å². The van der Waals surface area contributed by atoms with Gasteiger partial charge in [0, 0.05) is 13.1 Å². The monoisotopic (exact) mass is 279 g/mol. The Labute approximate surface area is 120 Å². The number of aromatic nitrogens is 2. The van der Waals surface area contributed by atoms with E-state index < -0.39 is 0 Å². The third-order valence-corrected chi connectivity index (χ3v) is 4.66. The summed E-state index contributed by atoms with van der Waals surface area (Å²) in [6.07, 6.45) is 1.19. The van der Waals surface area contributed by atoms with Crippen LogP contribution >= 0.6 is 0 Å². The molecule has 2 saturated heterocycles. The molecule has 3 heterocycles. The fraction of sp³-hybridized carbons (Fsp3) is 0.857. The Morgan fingerprint density at radius 2 is 2.10 bits per heavy atom. The molecule has 6 nitrogen and oxygen atoms in total. The normalized spacial score (nSPS) is 33.5. The maximum absolute atomic E-state index is 5.55. The predicted octanol–water partition coefficient (Wildman–Crippen LogP) is 0.701. The Morgan fingerprint density at radius 3 is 2.85 bits per heavy atom. The van der Waals surface area contributed by atoms with Gasteiger partial charge in [-0.15, -0.1) is 0 Å². The average molecular weight is 279 g/mol. The molecule has 2 fully saturated rings. The summed E-state index contributed by atoms with van der Waals surface area (Å²) in [6.45, 7) is 7.40. The molecule has 0 aliphatic carbocycles. The van der Waals surface area contributed by atoms with Crippen molar-refractivity contribution in [3.63, 3.8) is 0 Å². The Kier molecular flexibility index (Phi) is 4.05. The van der Waals surface area contributed by atoms with Crippen molar-refractivity contribution in [2.75, 3.05) is 46.8 Å². The lowest BCUT2D eigenvalue weighted by atomic mass is 9.98. The standard InChI is InChI=1S/C14H25N5O/c1-10-7-15-8-11(10)14-16-13(17-20-14)12-9-18(2)5-4-6-19(12)3/h10-12,15H,4-9H2,1-3H3. The van der Waals surface area contributed by atoms with Crippen LogP contribution in [0.2, 0.25) is 0 Å². The summed E-state index contributed by atoms with van der Waals surface area (Å²) in [5, 5.41) is 7.65. The Morgan fingerprint density at radius 1 is 1.25 bits per heavy atom. The van der Waals surface area contributed by atoms with E-state index in [2.05, 4.69) is 41.3 Å². The largest absolute Gasteiger partial charge is 0.339 e. The van der Waals surface area contributed by atoms with Gasteiger partial charge in [-0.05, 0) is 46.1 Å². The Bertz CT molecular complexity index is 449. The number of hydrogen-bond acceptors (Lipinski definition) is 6. The van der Waals surface area contributed by atoms with Gasteiger partial charge >= 0.3 is 0 Å². The van der Waals surface area contributed by atoms with E-state index in [-0.39, 0.29) is 6.04 Å². The van der Waals surface area contributed by atoms with Crippen molar-refractivity contribution in [3.8, 4) is 0 Å². The van der Waals surface area contributed by atoms with Crippen molar-refractivity contribution in [2.24, 2.45) is 5.92 Å². The molecule has 1 aromatic heterocycles. The summed E-state index contributed by atoms with van der Waals surface area (Å²) < 4.78 is 5.55. The summed E-state index contributed by atoms with van der Waals surface area (Å²) in [4.78, 5) is 9.40. The first-order valence-corrected chi connectivity index (χ1v) is 7.58. The van der Waals surface area contributed by atoms with Gasteiger partial charge in [-0.2, -0.15) is 4.98 Å². The zero-order valence-corrected chi connectivity index (χ0v) is 12.7. The van der Waals surface area contributed by atoms with E-state index in [0.29, 0.717) is 11.8 Å². The fourth-order valence-electron chi connectivity index (χ4n) is 3.22. The number of rotatable bonds is 2. The van der Waals surface area contributed by atoms with Crippen LogP contribution in [0.3, 0.4) is 0 Å². The molecule has 1 aromatic rings. The van der Waals surface area contributed by atoms with Crippen LogP contribution in [0.25, 0.3) is 0 Å². The van der Waals surface area contributed by atoms with E-state index in [1.54, 1.807) is 0 Å². The quantitative estimate of drug-likeness (QED) is 0.860. The molecule has 20 heavy (non-hydrogen) atoms. The minimum Gasteiger partial charge on any atom is -0.339 e. The number of nitrogens with one attached hydrogen (secondary N) is 1. The number of hydrogen-bond donors (Lipinski definition) is 1. The molecule has 0 radical (unpaired) electrons. The van der Waals surface area contributed by atoms with Crippen molar-refractivity contribution in [1.29, 1.82) is 0 Å². The van der Waals surface area contributed by atoms with Crippen molar-refractivity contribution < 1.29 is 4.52 Å². The summed E-state index contributed by atoms with van der Waals surface area (Å²) in [6, 6.07) is 0.240. The minimum atomic E-state index is 0.240. The van der Waals surface area contributed by atoms with Gasteiger partial charge in [0.1, 0.15) is 0 Å². The first-order valence-electron chi connectivity index (χ1n) is 7.58. The molecule has 0 spiro atoms. The van der Waals surface area contributed by atoms with Gasteiger partial charge in [0.25, 0.3) is 0 Å². The highest BCUT2D eigenvalue weighted by atomic mass is 16.5. The van der Waals surface area contributed by atoms with Crippen molar-refractivity contribution in [1.82, 2.24) is 25.3 Å². The number of nitrogens with zero attached hydrogens (tertiary/aromatic N) is 4. The molecule has 0 aromatic carbocycles. The maximum atomic E-state index is 5.55. The van der Waals surface area contributed by atoms with E-state index in [1.807, 2.05) is 0 Å². The molecule has 3 atom stereocenters. The topological polar surface area (TPSA) is 57.4 Å². The molecule has 6 heteroatoms. The highest BCUT2D eigenvalue weighted by Crippen LogP contribution is 2.28. The van der Waals surface area contributed by atoms with Crippen LogP contribution in [0.15, 0.2) is 4.52 Å². The van der Waals surface area contributed by atoms with E-state index in [9.17, 15) is 0 Å². The van der Waals surface area contributed by atoms with Crippen molar-refractivity contribution in [3.05, 3.63) is 11.7 Å². The third-order valence-electron chi connectivity index (χ3n) is 4.66. The average Bonchev–Trinajstić information content (AvgIpc) is 3.00. The van der Waals surface area contributed by atoms with Crippen LogP contribution in [0, 0.1) is 5.92 Å². The van der Waals surface area contributed by atoms with Gasteiger partial charge in [-0.1, -0.05) is 12.1 Å². The van der Waals surface area contributed by atoms with Gasteiger partial charge in [0.15, 0.2) is 5.82 Å². The number of likely N-dealkylation sites (N-methyl/N-ethyl adjacent to an activating group) is 2. The van der Waals surface area contributed by atoms with E-state index >= 15 is 0 Å². The molecular formula is C14H25N5O. The molecular weight excluding hydrogens is 254 g/mol. The van der Waals surface area contributed by atoms with Gasteiger partial charge in [0.2, 0.25) is 5.89 Å². The highest BCUT2D eigenvalue weighted by Gasteiger charge is 2.32. The third kappa shape index (κ3) is 2.73. The molecule has 1 N–H and O–H groups in total. The van der Waals surface area contributed by atoms with Crippen LogP contribution in [-0.2, 0) is 0 Å². The minimum absolute atomic E-state index is 0.240. The lowest BCUT2D eigenvalue weighted by Crippen LogP contribution is -2.31. The Hall–Kier alpha value is -0.980. The Balaban J connectivity index is 1.77. The molecule has 0 amide bonds. The van der Waals surface area contributed by atoms with Gasteiger partial charge in [-0.25, -0.2) is 0 Å². The first kappa shape index (κ1) is 14.0. The zero-order valence-electron chi connectivity index (χ0n) is 12.7. The maximum Gasteiger partial charge on any atom is 0.231 e. The summed E-state index contributed by atoms with van der Waals surface area (Å²) in [7, 11) is 4.32. The van der Waals surface area contributed by atoms with E-state index in [1.165, 1.54) is 6.42 Å². The van der Waals surface area contributed by atoms with Crippen LogP contribution in [0.4, 0.5) is 0 Å². The molecule has 0 saturated carbocycles. The van der Waals surface area contributed by atoms with Crippen molar-refractivity contribution in [2.45, 2.75) is 25.3 Å². The fourth-order valence-corrected chi connectivity index (χ4v) is 3.22. The molecule has 0 bridgehead atoms. The van der Waals surface area contributed by atoms with Crippen LogP contribution in [0.5, 0.6) is 0 Å². The summed E-state index contributed by atoms with van der Waals surface area (Å²) in [5.41, 5.74) is 0. The van der Waals surface area contributed by atoms with E-state index in [4.69, 9.17) is 9.51 Å². The van der Waals surface area contributed by atoms with Crippen LogP contribution < -0.4 is 5.32 Å². The second-order valence-corrected chi connectivity index (χ2v) is 6.35. The van der Waals surface area contributed by atoms with Crippen LogP contribution in [0.1, 0.15) is 37.0 Å². The smallest absolute Gasteiger partial charge is 0.231 e. The second-order valence-electron chi connectivity index (χ2n) is 6.35. The molecule has 2 aliphatic heterocycles. The summed E-state index contributed by atoms with van der Waals surface area (Å²) in [5.74, 6) is 2.58. The van der Waals surface area contributed by atoms with Gasteiger partial charge < -0.3 is 14.7 Å². The zero-order chi connectivity index (χ0) is 14.1. The van der Waals surface area contributed by atoms with Gasteiger partial charge in [-0.3, -0.25) is 4.90 Å². The predicted molar refractivity (Wildman–Crippen MR) is 76.6 cm³/mol. The molecule has 2 aliphatic rings. The summed E-state index contributed by atoms with van der Waals surface area (Å²) >= 11 is 0. The van der Waals surface area contributed by atoms with E-state index in [0.717, 1.165) is 44.4 Å². The second kappa shape index (κ2) is 5.79. The lowest BCUT2D eigenvalue weighted by Gasteiger charge is -2.24. The highest BCUT2D eigenvalue weighted by molar-refractivity contribution is 5.04. The molecule has 112 valence electrons. The first-order chi connectivity index (χ1) is 9.65. The van der Waals surface area contributed by atoms with Gasteiger partial charge in [0.05, 0.1) is 12.0 Å². The SMILES string of the molecule is CC1CNCC1c1nc(C2CN(C)CCCN2C)no1. The lowest BCUT2D eigenvalue weighted by molar-refractivity contribution is 0.214.